The van der Waals surface area contributed by atoms with Gasteiger partial charge in [-0.3, -0.25) is 4.79 Å². The number of hydrogen-bond donors (Lipinski definition) is 0. The minimum Gasteiger partial charge on any atom is -0.492 e. The number of aromatic nitrogens is 3. The van der Waals surface area contributed by atoms with Crippen LogP contribution in [0.4, 0.5) is 0 Å². The molecule has 3 aromatic rings. The zero-order valence-electron chi connectivity index (χ0n) is 16.4. The second-order valence-corrected chi connectivity index (χ2v) is 7.05. The fraction of sp³-hybridized carbons (Fsp3) is 0.350. The van der Waals surface area contributed by atoms with Crippen LogP contribution in [0.5, 0.6) is 11.6 Å². The second-order valence-electron chi connectivity index (χ2n) is 6.62. The van der Waals surface area contributed by atoms with E-state index in [-0.39, 0.29) is 12.5 Å². The summed E-state index contributed by atoms with van der Waals surface area (Å²) in [6, 6.07) is 9.12. The summed E-state index contributed by atoms with van der Waals surface area (Å²) >= 11 is 5.93. The lowest BCUT2D eigenvalue weighted by Gasteiger charge is -2.17. The monoisotopic (exact) mass is 402 g/mol. The van der Waals surface area contributed by atoms with Gasteiger partial charge in [-0.05, 0) is 43.7 Å². The van der Waals surface area contributed by atoms with Crippen molar-refractivity contribution >= 4 is 28.5 Å². The Morgan fingerprint density at radius 3 is 2.79 bits per heavy atom. The fourth-order valence-electron chi connectivity index (χ4n) is 2.87. The maximum Gasteiger partial charge on any atom is 0.260 e. The van der Waals surface area contributed by atoms with Crippen molar-refractivity contribution in [2.75, 3.05) is 26.8 Å². The van der Waals surface area contributed by atoms with Crippen LogP contribution in [0.1, 0.15) is 11.3 Å². The third-order valence-corrected chi connectivity index (χ3v) is 4.57. The molecule has 0 aliphatic carbocycles. The maximum absolute atomic E-state index is 12.4. The zero-order valence-corrected chi connectivity index (χ0v) is 17.2. The molecule has 3 rings (SSSR count). The van der Waals surface area contributed by atoms with E-state index in [0.717, 1.165) is 22.3 Å². The number of carbonyl (C=O) groups is 1. The number of nitrogens with zero attached hydrogens (tertiary/aromatic N) is 4. The number of halogens is 1. The molecule has 0 N–H and O–H groups in total. The van der Waals surface area contributed by atoms with Gasteiger partial charge in [-0.25, -0.2) is 9.67 Å². The molecule has 148 valence electrons. The molecule has 0 aliphatic rings. The van der Waals surface area contributed by atoms with Crippen LogP contribution in [-0.4, -0.2) is 52.4 Å². The third kappa shape index (κ3) is 4.54. The molecule has 28 heavy (non-hydrogen) atoms. The van der Waals surface area contributed by atoms with Gasteiger partial charge in [0, 0.05) is 24.8 Å². The predicted molar refractivity (Wildman–Crippen MR) is 108 cm³/mol. The van der Waals surface area contributed by atoms with Gasteiger partial charge in [0.05, 0.1) is 11.9 Å². The summed E-state index contributed by atoms with van der Waals surface area (Å²) in [6.07, 6.45) is 0. The molecular weight excluding hydrogens is 380 g/mol. The highest BCUT2D eigenvalue weighted by atomic mass is 35.5. The lowest BCUT2D eigenvalue weighted by atomic mass is 10.2. The average Bonchev–Trinajstić information content (AvgIpc) is 2.95. The first-order valence-corrected chi connectivity index (χ1v) is 9.29. The number of aryl methyl sites for hydroxylation is 3. The van der Waals surface area contributed by atoms with Crippen molar-refractivity contribution in [3.05, 3.63) is 46.6 Å². The number of likely N-dealkylation sites (N-methyl/N-ethyl adjacent to an activating group) is 1. The van der Waals surface area contributed by atoms with E-state index in [2.05, 4.69) is 10.1 Å². The minimum absolute atomic E-state index is 0.104. The molecule has 1 aromatic carbocycles. The molecule has 8 heteroatoms. The molecule has 0 atom stereocenters. The van der Waals surface area contributed by atoms with Crippen LogP contribution in [0.3, 0.4) is 0 Å². The molecule has 0 aliphatic heterocycles. The lowest BCUT2D eigenvalue weighted by Crippen LogP contribution is -2.34. The van der Waals surface area contributed by atoms with E-state index in [0.29, 0.717) is 29.8 Å². The molecule has 7 nitrogen and oxygen atoms in total. The Kier molecular flexibility index (Phi) is 6.04. The van der Waals surface area contributed by atoms with Gasteiger partial charge in [0.2, 0.25) is 5.88 Å². The first-order chi connectivity index (χ1) is 13.3. The number of carbonyl (C=O) groups excluding carboxylic acids is 1. The summed E-state index contributed by atoms with van der Waals surface area (Å²) in [6.45, 7) is 4.60. The van der Waals surface area contributed by atoms with Crippen LogP contribution in [-0.2, 0) is 11.8 Å². The highest BCUT2D eigenvalue weighted by Crippen LogP contribution is 2.27. The Morgan fingerprint density at radius 1 is 1.25 bits per heavy atom. The first kappa shape index (κ1) is 19.9. The van der Waals surface area contributed by atoms with E-state index < -0.39 is 0 Å². The number of fused-ring (bicyclic) bond motifs is 1. The molecule has 0 unspecified atom stereocenters. The molecule has 0 fully saturated rings. The Bertz CT molecular complexity index is 1000. The number of ether oxygens (including phenoxy) is 2. The molecule has 0 saturated carbocycles. The average molecular weight is 403 g/mol. The Balaban J connectivity index is 1.56. The standard InChI is InChI=1S/C20H23ClN4O3/c1-13-10-14(2)22-19-18(13)20(23-25(19)4)28-12-17(26)24(3)8-9-27-16-7-5-6-15(21)11-16/h5-7,10-11H,8-9,12H2,1-4H3. The normalized spacial score (nSPS) is 10.9. The smallest absolute Gasteiger partial charge is 0.260 e. The van der Waals surface area contributed by atoms with Gasteiger partial charge in [-0.2, -0.15) is 0 Å². The number of benzene rings is 1. The number of pyridine rings is 1. The van der Waals surface area contributed by atoms with Crippen LogP contribution >= 0.6 is 11.6 Å². The quantitative estimate of drug-likeness (QED) is 0.607. The highest BCUT2D eigenvalue weighted by Gasteiger charge is 2.17. The highest BCUT2D eigenvalue weighted by molar-refractivity contribution is 6.30. The van der Waals surface area contributed by atoms with Crippen molar-refractivity contribution < 1.29 is 14.3 Å². The molecule has 0 saturated heterocycles. The van der Waals surface area contributed by atoms with E-state index in [1.54, 1.807) is 28.8 Å². The van der Waals surface area contributed by atoms with Crippen molar-refractivity contribution in [3.8, 4) is 11.6 Å². The lowest BCUT2D eigenvalue weighted by molar-refractivity contribution is -0.132. The topological polar surface area (TPSA) is 69.5 Å². The van der Waals surface area contributed by atoms with Crippen LogP contribution in [0.2, 0.25) is 5.02 Å². The SMILES string of the molecule is Cc1cc(C)c2c(OCC(=O)N(C)CCOc3cccc(Cl)c3)nn(C)c2n1. The van der Waals surface area contributed by atoms with Gasteiger partial charge < -0.3 is 14.4 Å². The van der Waals surface area contributed by atoms with Crippen molar-refractivity contribution in [2.45, 2.75) is 13.8 Å². The van der Waals surface area contributed by atoms with Gasteiger partial charge in [-0.15, -0.1) is 5.10 Å². The summed E-state index contributed by atoms with van der Waals surface area (Å²) < 4.78 is 13.0. The zero-order chi connectivity index (χ0) is 20.3. The van der Waals surface area contributed by atoms with Crippen LogP contribution < -0.4 is 9.47 Å². The number of hydrogen-bond acceptors (Lipinski definition) is 5. The summed E-state index contributed by atoms with van der Waals surface area (Å²) in [4.78, 5) is 18.4. The van der Waals surface area contributed by atoms with E-state index >= 15 is 0 Å². The van der Waals surface area contributed by atoms with E-state index in [1.165, 1.54) is 0 Å². The fourth-order valence-corrected chi connectivity index (χ4v) is 3.05. The van der Waals surface area contributed by atoms with Crippen molar-refractivity contribution in [2.24, 2.45) is 7.05 Å². The van der Waals surface area contributed by atoms with Crippen LogP contribution in [0.15, 0.2) is 30.3 Å². The first-order valence-electron chi connectivity index (χ1n) is 8.91. The Hall–Kier alpha value is -2.80. The molecule has 0 bridgehead atoms. The number of rotatable bonds is 7. The van der Waals surface area contributed by atoms with Gasteiger partial charge in [0.25, 0.3) is 5.91 Å². The molecular formula is C20H23ClN4O3. The van der Waals surface area contributed by atoms with Crippen LogP contribution in [0.25, 0.3) is 11.0 Å². The van der Waals surface area contributed by atoms with Gasteiger partial charge in [-0.1, -0.05) is 17.7 Å². The van der Waals surface area contributed by atoms with Crippen LogP contribution in [0, 0.1) is 13.8 Å². The Labute approximate surface area is 168 Å². The van der Waals surface area contributed by atoms with Crippen molar-refractivity contribution in [1.82, 2.24) is 19.7 Å². The molecule has 2 aromatic heterocycles. The number of amides is 1. The van der Waals surface area contributed by atoms with Crippen molar-refractivity contribution in [1.29, 1.82) is 0 Å². The largest absolute Gasteiger partial charge is 0.492 e. The molecule has 2 heterocycles. The van der Waals surface area contributed by atoms with E-state index in [9.17, 15) is 4.79 Å². The van der Waals surface area contributed by atoms with Gasteiger partial charge in [0.1, 0.15) is 12.4 Å². The van der Waals surface area contributed by atoms with Gasteiger partial charge >= 0.3 is 0 Å². The summed E-state index contributed by atoms with van der Waals surface area (Å²) in [5.74, 6) is 0.925. The molecule has 0 spiro atoms. The van der Waals surface area contributed by atoms with Gasteiger partial charge in [0.15, 0.2) is 12.3 Å². The van der Waals surface area contributed by atoms with Crippen molar-refractivity contribution in [3.63, 3.8) is 0 Å². The summed E-state index contributed by atoms with van der Waals surface area (Å²) in [5, 5.41) is 5.79. The minimum atomic E-state index is -0.161. The maximum atomic E-state index is 12.4. The predicted octanol–water partition coefficient (Wildman–Crippen LogP) is 3.15. The summed E-state index contributed by atoms with van der Waals surface area (Å²) in [7, 11) is 3.52. The second kappa shape index (κ2) is 8.48. The summed E-state index contributed by atoms with van der Waals surface area (Å²) in [5.41, 5.74) is 2.67. The molecule has 1 amide bonds. The third-order valence-electron chi connectivity index (χ3n) is 4.34. The Morgan fingerprint density at radius 2 is 2.04 bits per heavy atom. The van der Waals surface area contributed by atoms with E-state index in [1.807, 2.05) is 39.1 Å². The molecule has 0 radical (unpaired) electrons. The van der Waals surface area contributed by atoms with E-state index in [4.69, 9.17) is 21.1 Å².